The van der Waals surface area contributed by atoms with Crippen LogP contribution in [0.4, 0.5) is 0 Å². The summed E-state index contributed by atoms with van der Waals surface area (Å²) >= 11 is 3.43. The molecule has 5 heteroatoms. The van der Waals surface area contributed by atoms with Crippen molar-refractivity contribution in [3.8, 4) is 5.75 Å². The fourth-order valence-electron chi connectivity index (χ4n) is 1.61. The minimum atomic E-state index is -0.461. The van der Waals surface area contributed by atoms with Crippen molar-refractivity contribution in [1.29, 1.82) is 0 Å². The number of hydrogen-bond acceptors (Lipinski definition) is 4. The Hall–Kier alpha value is -1.36. The Kier molecular flexibility index (Phi) is 6.56. The van der Waals surface area contributed by atoms with E-state index in [0.29, 0.717) is 19.4 Å². The van der Waals surface area contributed by atoms with Crippen LogP contribution < -0.4 is 4.74 Å². The maximum atomic E-state index is 11.6. The van der Waals surface area contributed by atoms with Crippen molar-refractivity contribution in [3.63, 3.8) is 0 Å². The van der Waals surface area contributed by atoms with E-state index in [-0.39, 0.29) is 12.2 Å². The summed E-state index contributed by atoms with van der Waals surface area (Å²) in [6, 6.07) is 5.60. The molecule has 0 saturated heterocycles. The SMILES string of the molecule is CCOC(=O)CC(=O)CCc1cc(OC)ccc1Br. The van der Waals surface area contributed by atoms with Gasteiger partial charge in [-0.2, -0.15) is 0 Å². The fraction of sp³-hybridized carbons (Fsp3) is 0.429. The zero-order valence-corrected chi connectivity index (χ0v) is 12.7. The molecule has 0 atom stereocenters. The third kappa shape index (κ3) is 5.42. The first-order valence-corrected chi connectivity index (χ1v) is 6.85. The van der Waals surface area contributed by atoms with E-state index >= 15 is 0 Å². The molecule has 0 spiro atoms. The number of halogens is 1. The molecular formula is C14H17BrO4. The molecule has 0 radical (unpaired) electrons. The highest BCUT2D eigenvalue weighted by molar-refractivity contribution is 9.10. The number of carbonyl (C=O) groups excluding carboxylic acids is 2. The molecule has 4 nitrogen and oxygen atoms in total. The Labute approximate surface area is 121 Å². The first-order valence-electron chi connectivity index (χ1n) is 6.06. The molecule has 0 unspecified atom stereocenters. The summed E-state index contributed by atoms with van der Waals surface area (Å²) in [5.74, 6) is 0.168. The first kappa shape index (κ1) is 15.7. The number of methoxy groups -OCH3 is 1. The van der Waals surface area contributed by atoms with Crippen LogP contribution in [0.25, 0.3) is 0 Å². The first-order chi connectivity index (χ1) is 9.06. The predicted molar refractivity (Wildman–Crippen MR) is 75.3 cm³/mol. The molecule has 0 bridgehead atoms. The smallest absolute Gasteiger partial charge is 0.313 e. The van der Waals surface area contributed by atoms with E-state index in [1.165, 1.54) is 0 Å². The average Bonchev–Trinajstić information content (AvgIpc) is 2.38. The molecule has 0 amide bonds. The summed E-state index contributed by atoms with van der Waals surface area (Å²) in [4.78, 5) is 22.8. The lowest BCUT2D eigenvalue weighted by Gasteiger charge is -2.07. The highest BCUT2D eigenvalue weighted by atomic mass is 79.9. The number of Topliss-reactive ketones (excluding diaryl/α,β-unsaturated/α-hetero) is 1. The summed E-state index contributed by atoms with van der Waals surface area (Å²) in [6.45, 7) is 2.02. The molecule has 19 heavy (non-hydrogen) atoms. The molecule has 0 aliphatic carbocycles. The highest BCUT2D eigenvalue weighted by Gasteiger charge is 2.11. The third-order valence-corrected chi connectivity index (χ3v) is 3.35. The lowest BCUT2D eigenvalue weighted by Crippen LogP contribution is -2.11. The van der Waals surface area contributed by atoms with Gasteiger partial charge in [0.15, 0.2) is 0 Å². The summed E-state index contributed by atoms with van der Waals surface area (Å²) in [6.07, 6.45) is 0.718. The van der Waals surface area contributed by atoms with Gasteiger partial charge in [-0.3, -0.25) is 9.59 Å². The molecule has 0 saturated carbocycles. The Morgan fingerprint density at radius 3 is 2.68 bits per heavy atom. The summed E-state index contributed by atoms with van der Waals surface area (Å²) in [5, 5.41) is 0. The number of ether oxygens (including phenoxy) is 2. The second-order valence-electron chi connectivity index (χ2n) is 3.98. The minimum Gasteiger partial charge on any atom is -0.497 e. The number of esters is 1. The van der Waals surface area contributed by atoms with Crippen molar-refractivity contribution in [1.82, 2.24) is 0 Å². The van der Waals surface area contributed by atoms with Gasteiger partial charge in [0.05, 0.1) is 13.7 Å². The number of aryl methyl sites for hydroxylation is 1. The van der Waals surface area contributed by atoms with Crippen LogP contribution in [0.2, 0.25) is 0 Å². The Morgan fingerprint density at radius 1 is 1.32 bits per heavy atom. The van der Waals surface area contributed by atoms with E-state index in [1.807, 2.05) is 18.2 Å². The summed E-state index contributed by atoms with van der Waals surface area (Å²) in [5.41, 5.74) is 0.983. The van der Waals surface area contributed by atoms with Gasteiger partial charge in [-0.1, -0.05) is 15.9 Å². The van der Waals surface area contributed by atoms with E-state index in [4.69, 9.17) is 9.47 Å². The van der Waals surface area contributed by atoms with Gasteiger partial charge in [-0.25, -0.2) is 0 Å². The van der Waals surface area contributed by atoms with Gasteiger partial charge in [-0.15, -0.1) is 0 Å². The van der Waals surface area contributed by atoms with Gasteiger partial charge < -0.3 is 9.47 Å². The van der Waals surface area contributed by atoms with Gasteiger partial charge in [-0.05, 0) is 37.1 Å². The Balaban J connectivity index is 2.52. The molecule has 0 aromatic heterocycles. The van der Waals surface area contributed by atoms with Crippen LogP contribution in [0.3, 0.4) is 0 Å². The van der Waals surface area contributed by atoms with Gasteiger partial charge in [0.2, 0.25) is 0 Å². The molecule has 1 rings (SSSR count). The standard InChI is InChI=1S/C14H17BrO4/c1-3-19-14(17)9-11(16)5-4-10-8-12(18-2)6-7-13(10)15/h6-8H,3-5,9H2,1-2H3. The molecular weight excluding hydrogens is 312 g/mol. The zero-order chi connectivity index (χ0) is 14.3. The number of rotatable bonds is 7. The summed E-state index contributed by atoms with van der Waals surface area (Å²) < 4.78 is 10.8. The topological polar surface area (TPSA) is 52.6 Å². The van der Waals surface area contributed by atoms with Crippen LogP contribution in [0, 0.1) is 0 Å². The van der Waals surface area contributed by atoms with Crippen molar-refractivity contribution in [2.24, 2.45) is 0 Å². The molecule has 0 fully saturated rings. The van der Waals surface area contributed by atoms with Crippen molar-refractivity contribution in [2.45, 2.75) is 26.2 Å². The minimum absolute atomic E-state index is 0.117. The summed E-state index contributed by atoms with van der Waals surface area (Å²) in [7, 11) is 1.60. The lowest BCUT2D eigenvalue weighted by molar-refractivity contribution is -0.145. The van der Waals surface area contributed by atoms with E-state index < -0.39 is 5.97 Å². The predicted octanol–water partition coefficient (Wildman–Crippen LogP) is 2.91. The van der Waals surface area contributed by atoms with Crippen molar-refractivity contribution in [3.05, 3.63) is 28.2 Å². The van der Waals surface area contributed by atoms with Crippen LogP contribution >= 0.6 is 15.9 Å². The largest absolute Gasteiger partial charge is 0.497 e. The van der Waals surface area contributed by atoms with Crippen molar-refractivity contribution in [2.75, 3.05) is 13.7 Å². The molecule has 104 valence electrons. The third-order valence-electron chi connectivity index (χ3n) is 2.57. The second-order valence-corrected chi connectivity index (χ2v) is 4.83. The van der Waals surface area contributed by atoms with E-state index in [0.717, 1.165) is 15.8 Å². The van der Waals surface area contributed by atoms with Gasteiger partial charge >= 0.3 is 5.97 Å². The number of benzene rings is 1. The number of hydrogen-bond donors (Lipinski definition) is 0. The van der Waals surface area contributed by atoms with E-state index in [2.05, 4.69) is 15.9 Å². The van der Waals surface area contributed by atoms with E-state index in [1.54, 1.807) is 14.0 Å². The van der Waals surface area contributed by atoms with Crippen LogP contribution in [-0.4, -0.2) is 25.5 Å². The lowest BCUT2D eigenvalue weighted by atomic mass is 10.1. The van der Waals surface area contributed by atoms with E-state index in [9.17, 15) is 9.59 Å². The molecule has 0 N–H and O–H groups in total. The second kappa shape index (κ2) is 7.94. The molecule has 1 aromatic rings. The monoisotopic (exact) mass is 328 g/mol. The zero-order valence-electron chi connectivity index (χ0n) is 11.1. The molecule has 1 aromatic carbocycles. The fourth-order valence-corrected chi connectivity index (χ4v) is 2.05. The number of carbonyl (C=O) groups is 2. The molecule has 0 aliphatic heterocycles. The Morgan fingerprint density at radius 2 is 2.05 bits per heavy atom. The quantitative estimate of drug-likeness (QED) is 0.570. The van der Waals surface area contributed by atoms with Crippen LogP contribution in [-0.2, 0) is 20.7 Å². The van der Waals surface area contributed by atoms with Crippen LogP contribution in [0.5, 0.6) is 5.75 Å². The van der Waals surface area contributed by atoms with Gasteiger partial charge in [0, 0.05) is 10.9 Å². The van der Waals surface area contributed by atoms with Crippen LogP contribution in [0.1, 0.15) is 25.3 Å². The van der Waals surface area contributed by atoms with Crippen LogP contribution in [0.15, 0.2) is 22.7 Å². The normalized spacial score (nSPS) is 10.1. The molecule has 0 aliphatic rings. The molecule has 0 heterocycles. The highest BCUT2D eigenvalue weighted by Crippen LogP contribution is 2.23. The van der Waals surface area contributed by atoms with Crippen molar-refractivity contribution < 1.29 is 19.1 Å². The average molecular weight is 329 g/mol. The maximum Gasteiger partial charge on any atom is 0.313 e. The maximum absolute atomic E-state index is 11.6. The number of ketones is 1. The van der Waals surface area contributed by atoms with Gasteiger partial charge in [0.1, 0.15) is 18.0 Å². The Bertz CT molecular complexity index is 457. The van der Waals surface area contributed by atoms with Gasteiger partial charge in [0.25, 0.3) is 0 Å². The van der Waals surface area contributed by atoms with Crippen molar-refractivity contribution >= 4 is 27.7 Å².